The lowest BCUT2D eigenvalue weighted by molar-refractivity contribution is -0.144. The van der Waals surface area contributed by atoms with Crippen LogP contribution in [0.25, 0.3) is 21.8 Å². The van der Waals surface area contributed by atoms with Crippen LogP contribution in [0, 0.1) is 0 Å². The summed E-state index contributed by atoms with van der Waals surface area (Å²) in [4.78, 5) is 155. The van der Waals surface area contributed by atoms with Gasteiger partial charge in [-0.05, 0) is 36.8 Å². The highest BCUT2D eigenvalue weighted by molar-refractivity contribution is 8.76. The normalized spacial score (nSPS) is 23.0. The molecule has 4 aromatic rings. The van der Waals surface area contributed by atoms with E-state index in [2.05, 4.69) is 31.2 Å². The molecular formula is C48H56N10O11S6. The third-order valence-corrected chi connectivity index (χ3v) is 18.1. The summed E-state index contributed by atoms with van der Waals surface area (Å²) in [5, 5.41) is 21.2. The van der Waals surface area contributed by atoms with Crippen LogP contribution in [-0.2, 0) is 38.4 Å². The van der Waals surface area contributed by atoms with Gasteiger partial charge < -0.3 is 46.0 Å². The average Bonchev–Trinajstić information content (AvgIpc) is 3.41. The van der Waals surface area contributed by atoms with Crippen LogP contribution in [0.4, 0.5) is 0 Å². The molecule has 2 saturated heterocycles. The van der Waals surface area contributed by atoms with E-state index in [0.29, 0.717) is 39.9 Å². The van der Waals surface area contributed by atoms with Crippen LogP contribution in [0.2, 0.25) is 0 Å². The number of carbonyl (C=O) groups is 10. The molecular weight excluding hydrogens is 1080 g/mol. The van der Waals surface area contributed by atoms with E-state index >= 15 is 0 Å². The number of fused-ring (bicyclic) bond motifs is 7. The lowest BCUT2D eigenvalue weighted by atomic mass is 10.1. The first-order chi connectivity index (χ1) is 35.8. The number of para-hydroxylation sites is 2. The Kier molecular flexibility index (Phi) is 21.3. The maximum Gasteiger partial charge on any atom is 0.274 e. The van der Waals surface area contributed by atoms with Gasteiger partial charge in [0.25, 0.3) is 11.8 Å². The predicted molar refractivity (Wildman–Crippen MR) is 297 cm³/mol. The van der Waals surface area contributed by atoms with Crippen LogP contribution < -0.4 is 21.3 Å². The van der Waals surface area contributed by atoms with E-state index in [4.69, 9.17) is 0 Å². The number of pyridine rings is 2. The van der Waals surface area contributed by atoms with Gasteiger partial charge in [-0.15, -0.1) is 0 Å². The Morgan fingerprint density at radius 1 is 0.613 bits per heavy atom. The maximum absolute atomic E-state index is 14.7. The Morgan fingerprint density at radius 2 is 1.07 bits per heavy atom. The minimum absolute atomic E-state index is 0.0197. The van der Waals surface area contributed by atoms with E-state index in [9.17, 15) is 53.1 Å². The van der Waals surface area contributed by atoms with Gasteiger partial charge in [0, 0.05) is 73.5 Å². The van der Waals surface area contributed by atoms with Gasteiger partial charge in [-0.1, -0.05) is 87.6 Å². The molecule has 6 rings (SSSR count). The highest BCUT2D eigenvalue weighted by atomic mass is 33.1. The van der Waals surface area contributed by atoms with Crippen LogP contribution in [-0.4, -0.2) is 217 Å². The summed E-state index contributed by atoms with van der Waals surface area (Å²) in [6, 6.07) is 10.6. The van der Waals surface area contributed by atoms with Crippen molar-refractivity contribution in [2.75, 3.05) is 88.3 Å². The van der Waals surface area contributed by atoms with Gasteiger partial charge in [0.2, 0.25) is 45.7 Å². The first-order valence-electron chi connectivity index (χ1n) is 23.1. The van der Waals surface area contributed by atoms with Crippen molar-refractivity contribution < 1.29 is 53.1 Å². The van der Waals surface area contributed by atoms with E-state index in [1.807, 2.05) is 12.1 Å². The maximum atomic E-state index is 14.7. The summed E-state index contributed by atoms with van der Waals surface area (Å²) in [5.74, 6) is -7.54. The second-order valence-corrected chi connectivity index (χ2v) is 23.6. The number of rotatable bonds is 8. The quantitative estimate of drug-likeness (QED) is 0.157. The van der Waals surface area contributed by atoms with E-state index in [1.54, 1.807) is 55.0 Å². The topological polar surface area (TPSA) is 278 Å². The Morgan fingerprint density at radius 3 is 1.56 bits per heavy atom. The van der Waals surface area contributed by atoms with Gasteiger partial charge in [0.05, 0.1) is 24.1 Å². The molecule has 75 heavy (non-hydrogen) atoms. The Labute approximate surface area is 457 Å². The first kappa shape index (κ1) is 58.5. The summed E-state index contributed by atoms with van der Waals surface area (Å²) >= 11 is 3.82. The summed E-state index contributed by atoms with van der Waals surface area (Å²) in [6.07, 6.45) is 3.45. The number of nitrogens with zero attached hydrogens (tertiary/aromatic N) is 6. The molecule has 5 N–H and O–H groups in total. The molecule has 0 unspecified atom stereocenters. The molecule has 0 saturated carbocycles. The van der Waals surface area contributed by atoms with Crippen molar-refractivity contribution in [3.8, 4) is 5.75 Å². The fourth-order valence-electron chi connectivity index (χ4n) is 7.67. The second-order valence-electron chi connectivity index (χ2n) is 17.1. The number of benzene rings is 2. The van der Waals surface area contributed by atoms with E-state index in [-0.39, 0.29) is 34.5 Å². The number of nitrogens with one attached hydrogen (secondary N) is 4. The van der Waals surface area contributed by atoms with Gasteiger partial charge in [-0.3, -0.25) is 47.9 Å². The molecule has 21 nitrogen and oxygen atoms in total. The standard InChI is InChI=1S/C48H56N10O11S6/c1-55-33-24-74-75-25-34(45(66)57(3)35(22-70-5)47(68)72-20-31(41(62)49-18-38(55)60)53-43(64)30-16-15-26-11-7-9-13-28(26)51-30)56(2)39(61)19-50-42(63)32(21-73-48(69)36(23-71-6)58(4)46(33)67)54-44(65)40-37(59)17-27-12-8-10-14-29(27)52-40/h7-17,31-36,59H,18-25H2,1-6H3,(H,49,62)(H,50,63)(H,53,64)(H,54,65)/t31-,32-,33+,34+,35+,36+/m1/s1. The van der Waals surface area contributed by atoms with E-state index in [1.165, 1.54) is 73.6 Å². The van der Waals surface area contributed by atoms with Crippen molar-refractivity contribution in [2.45, 2.75) is 36.3 Å². The molecule has 0 aliphatic carbocycles. The number of amides is 8. The van der Waals surface area contributed by atoms with Gasteiger partial charge in [-0.2, -0.15) is 23.5 Å². The number of hydrogen-bond acceptors (Lipinski definition) is 19. The third-order valence-electron chi connectivity index (χ3n) is 12.3. The van der Waals surface area contributed by atoms with Gasteiger partial charge in [0.15, 0.2) is 5.69 Å². The molecule has 2 aromatic carbocycles. The Hall–Kier alpha value is -5.74. The lowest BCUT2D eigenvalue weighted by Gasteiger charge is -2.35. The number of carbonyl (C=O) groups excluding carboxylic acids is 10. The summed E-state index contributed by atoms with van der Waals surface area (Å²) < 4.78 is 0. The second kappa shape index (κ2) is 27.3. The number of hydrogen-bond donors (Lipinski definition) is 5. The summed E-state index contributed by atoms with van der Waals surface area (Å²) in [6.45, 7) is -1.33. The lowest BCUT2D eigenvalue weighted by Crippen LogP contribution is -2.57. The van der Waals surface area contributed by atoms with Crippen molar-refractivity contribution in [1.29, 1.82) is 0 Å². The molecule has 2 aliphatic rings. The zero-order valence-electron chi connectivity index (χ0n) is 41.6. The molecule has 400 valence electrons. The minimum Gasteiger partial charge on any atom is -0.505 e. The van der Waals surface area contributed by atoms with Crippen LogP contribution >= 0.6 is 68.6 Å². The molecule has 2 aromatic heterocycles. The zero-order valence-corrected chi connectivity index (χ0v) is 46.5. The average molecular weight is 1140 g/mol. The summed E-state index contributed by atoms with van der Waals surface area (Å²) in [5.41, 5.74) is 0.463. The Bertz CT molecular complexity index is 2850. The van der Waals surface area contributed by atoms with Crippen LogP contribution in [0.15, 0.2) is 66.7 Å². The molecule has 6 atom stereocenters. The molecule has 0 radical (unpaired) electrons. The Balaban J connectivity index is 1.35. The fraction of sp³-hybridized carbons (Fsp3) is 0.417. The number of thioether (sulfide) groups is 4. The highest BCUT2D eigenvalue weighted by Crippen LogP contribution is 2.29. The fourth-order valence-corrected chi connectivity index (χ4v) is 13.8. The van der Waals surface area contributed by atoms with Gasteiger partial charge in [-0.25, -0.2) is 9.97 Å². The zero-order chi connectivity index (χ0) is 54.5. The van der Waals surface area contributed by atoms with Crippen molar-refractivity contribution in [2.24, 2.45) is 0 Å². The number of aromatic hydroxyl groups is 1. The van der Waals surface area contributed by atoms with Crippen molar-refractivity contribution in [1.82, 2.24) is 50.8 Å². The third kappa shape index (κ3) is 14.8. The van der Waals surface area contributed by atoms with E-state index in [0.717, 1.165) is 36.8 Å². The van der Waals surface area contributed by atoms with Gasteiger partial charge in [0.1, 0.15) is 47.7 Å². The molecule has 8 amide bonds. The smallest absolute Gasteiger partial charge is 0.274 e. The summed E-state index contributed by atoms with van der Waals surface area (Å²) in [7, 11) is 7.72. The number of likely N-dealkylation sites (N-methyl/N-ethyl adjacent to an activating group) is 4. The van der Waals surface area contributed by atoms with Crippen molar-refractivity contribution in [3.63, 3.8) is 0 Å². The SMILES string of the molecule is CSC[C@H]1C(=O)SC[C@@H](NC(=O)c2nc3ccccc3cc2O)C(=O)NCC(=O)N(C)[C@H]2CSSC[C@@H](C(=O)N1C)N(C)C(=O)CNC(=O)[C@H](NC(=O)c1ccc3ccccc3n1)CSC(=O)[C@H](CSC)N(C)C2=O. The largest absolute Gasteiger partial charge is 0.505 e. The molecule has 27 heteroatoms. The molecule has 4 heterocycles. The van der Waals surface area contributed by atoms with Crippen LogP contribution in [0.3, 0.4) is 0 Å². The molecule has 2 aliphatic heterocycles. The molecule has 2 bridgehead atoms. The van der Waals surface area contributed by atoms with Gasteiger partial charge >= 0.3 is 0 Å². The van der Waals surface area contributed by atoms with Crippen LogP contribution in [0.5, 0.6) is 5.75 Å². The minimum atomic E-state index is -1.52. The van der Waals surface area contributed by atoms with Crippen molar-refractivity contribution in [3.05, 3.63) is 78.1 Å². The molecule has 2 fully saturated rings. The number of aromatic nitrogens is 2. The van der Waals surface area contributed by atoms with E-state index < -0.39 is 124 Å². The molecule has 0 spiro atoms. The van der Waals surface area contributed by atoms with Crippen molar-refractivity contribution >= 4 is 148 Å². The first-order valence-corrected chi connectivity index (χ1v) is 30.3. The highest BCUT2D eigenvalue weighted by Gasteiger charge is 2.39. The monoisotopic (exact) mass is 1140 g/mol. The predicted octanol–water partition coefficient (Wildman–Crippen LogP) is 1.58. The van der Waals surface area contributed by atoms with Crippen LogP contribution in [0.1, 0.15) is 21.0 Å².